The van der Waals surface area contributed by atoms with Crippen LogP contribution in [0.25, 0.3) is 11.3 Å². The fourth-order valence-corrected chi connectivity index (χ4v) is 2.80. The molecule has 0 aliphatic heterocycles. The van der Waals surface area contributed by atoms with Crippen LogP contribution in [-0.4, -0.2) is 10.9 Å². The Morgan fingerprint density at radius 1 is 1.19 bits per heavy atom. The van der Waals surface area contributed by atoms with Gasteiger partial charge in [0.25, 0.3) is 0 Å². The minimum atomic E-state index is -0.458. The van der Waals surface area contributed by atoms with Gasteiger partial charge in [0.05, 0.1) is 10.7 Å². The number of carbonyl (C=O) groups is 1. The molecule has 6 heteroatoms. The van der Waals surface area contributed by atoms with Crippen LogP contribution in [0.3, 0.4) is 0 Å². The first-order valence-electron chi connectivity index (χ1n) is 7.87. The Hall–Kier alpha value is -2.92. The van der Waals surface area contributed by atoms with Crippen LogP contribution < -0.4 is 10.5 Å². The SMILES string of the molecule is Cc1cc(-c2cc(COc3ccc(F)cc3Cl)ccn2)ccc1C(N)=O. The van der Waals surface area contributed by atoms with E-state index in [4.69, 9.17) is 22.1 Å². The van der Waals surface area contributed by atoms with Gasteiger partial charge in [-0.1, -0.05) is 17.7 Å². The van der Waals surface area contributed by atoms with Crippen molar-refractivity contribution in [2.24, 2.45) is 5.73 Å². The Labute approximate surface area is 155 Å². The summed E-state index contributed by atoms with van der Waals surface area (Å²) < 4.78 is 18.7. The van der Waals surface area contributed by atoms with Crippen LogP contribution in [0.5, 0.6) is 5.75 Å². The maximum absolute atomic E-state index is 13.1. The van der Waals surface area contributed by atoms with Crippen molar-refractivity contribution in [3.63, 3.8) is 0 Å². The second-order valence-electron chi connectivity index (χ2n) is 5.81. The number of hydrogen-bond acceptors (Lipinski definition) is 3. The molecule has 132 valence electrons. The summed E-state index contributed by atoms with van der Waals surface area (Å²) in [5, 5.41) is 0.219. The van der Waals surface area contributed by atoms with E-state index < -0.39 is 11.7 Å². The Morgan fingerprint density at radius 3 is 2.69 bits per heavy atom. The maximum atomic E-state index is 13.1. The molecule has 0 atom stereocenters. The molecule has 0 unspecified atom stereocenters. The normalized spacial score (nSPS) is 10.6. The Bertz CT molecular complexity index is 976. The number of carbonyl (C=O) groups excluding carboxylic acids is 1. The van der Waals surface area contributed by atoms with Crippen molar-refractivity contribution in [2.75, 3.05) is 0 Å². The largest absolute Gasteiger partial charge is 0.487 e. The molecule has 0 saturated heterocycles. The molecular weight excluding hydrogens is 355 g/mol. The Kier molecular flexibility index (Phi) is 5.19. The van der Waals surface area contributed by atoms with Crippen LogP contribution >= 0.6 is 11.6 Å². The highest BCUT2D eigenvalue weighted by atomic mass is 35.5. The van der Waals surface area contributed by atoms with Gasteiger partial charge < -0.3 is 10.5 Å². The molecule has 1 aromatic heterocycles. The molecular formula is C20H16ClFN2O2. The summed E-state index contributed by atoms with van der Waals surface area (Å²) in [5.74, 6) is -0.461. The minimum Gasteiger partial charge on any atom is -0.487 e. The Balaban J connectivity index is 1.80. The molecule has 26 heavy (non-hydrogen) atoms. The molecule has 4 nitrogen and oxygen atoms in total. The number of primary amides is 1. The predicted molar refractivity (Wildman–Crippen MR) is 98.7 cm³/mol. The van der Waals surface area contributed by atoms with E-state index in [2.05, 4.69) is 4.98 Å². The summed E-state index contributed by atoms with van der Waals surface area (Å²) in [7, 11) is 0. The number of aromatic nitrogens is 1. The van der Waals surface area contributed by atoms with Crippen molar-refractivity contribution in [3.05, 3.63) is 82.3 Å². The van der Waals surface area contributed by atoms with E-state index >= 15 is 0 Å². The molecule has 1 amide bonds. The molecule has 2 aromatic carbocycles. The summed E-state index contributed by atoms with van der Waals surface area (Å²) in [4.78, 5) is 15.7. The van der Waals surface area contributed by atoms with Gasteiger partial charge in [-0.3, -0.25) is 9.78 Å². The highest BCUT2D eigenvalue weighted by Gasteiger charge is 2.09. The van der Waals surface area contributed by atoms with E-state index in [9.17, 15) is 9.18 Å². The fraction of sp³-hybridized carbons (Fsp3) is 0.100. The van der Waals surface area contributed by atoms with Crippen LogP contribution in [0.4, 0.5) is 4.39 Å². The second kappa shape index (κ2) is 7.54. The van der Waals surface area contributed by atoms with E-state index in [0.29, 0.717) is 11.3 Å². The number of nitrogens with two attached hydrogens (primary N) is 1. The molecule has 0 saturated carbocycles. The van der Waals surface area contributed by atoms with Crippen LogP contribution in [0.1, 0.15) is 21.5 Å². The Morgan fingerprint density at radius 2 is 2.00 bits per heavy atom. The lowest BCUT2D eigenvalue weighted by molar-refractivity contribution is 0.0999. The third-order valence-corrected chi connectivity index (χ3v) is 4.20. The minimum absolute atomic E-state index is 0.219. The molecule has 0 aliphatic rings. The lowest BCUT2D eigenvalue weighted by Gasteiger charge is -2.10. The summed E-state index contributed by atoms with van der Waals surface area (Å²) in [6, 6.07) is 13.1. The number of amides is 1. The van der Waals surface area contributed by atoms with E-state index in [-0.39, 0.29) is 11.6 Å². The fourth-order valence-electron chi connectivity index (χ4n) is 2.57. The molecule has 0 bridgehead atoms. The van der Waals surface area contributed by atoms with E-state index in [0.717, 1.165) is 22.4 Å². The predicted octanol–water partition coefficient (Wildman–Crippen LogP) is 4.53. The smallest absolute Gasteiger partial charge is 0.248 e. The van der Waals surface area contributed by atoms with Gasteiger partial charge in [0, 0.05) is 17.3 Å². The van der Waals surface area contributed by atoms with Crippen LogP contribution in [0.15, 0.2) is 54.7 Å². The first kappa shape index (κ1) is 17.9. The van der Waals surface area contributed by atoms with Gasteiger partial charge in [0.2, 0.25) is 5.91 Å². The zero-order valence-electron chi connectivity index (χ0n) is 14.0. The number of nitrogens with zero attached hydrogens (tertiary/aromatic N) is 1. The lowest BCUT2D eigenvalue weighted by atomic mass is 10.0. The molecule has 3 aromatic rings. The number of hydrogen-bond donors (Lipinski definition) is 1. The average Bonchev–Trinajstić information content (AvgIpc) is 2.61. The van der Waals surface area contributed by atoms with E-state index in [1.165, 1.54) is 18.2 Å². The quantitative estimate of drug-likeness (QED) is 0.717. The van der Waals surface area contributed by atoms with E-state index in [1.54, 1.807) is 18.3 Å². The van der Waals surface area contributed by atoms with Gasteiger partial charge in [-0.2, -0.15) is 0 Å². The zero-order valence-corrected chi connectivity index (χ0v) is 14.8. The van der Waals surface area contributed by atoms with Gasteiger partial charge in [0.1, 0.15) is 18.2 Å². The molecule has 1 heterocycles. The number of benzene rings is 2. The van der Waals surface area contributed by atoms with Crippen molar-refractivity contribution in [1.29, 1.82) is 0 Å². The molecule has 3 rings (SSSR count). The number of rotatable bonds is 5. The molecule has 0 fully saturated rings. The highest BCUT2D eigenvalue weighted by Crippen LogP contribution is 2.26. The summed E-state index contributed by atoms with van der Waals surface area (Å²) in [6.07, 6.45) is 1.68. The van der Waals surface area contributed by atoms with Gasteiger partial charge in [-0.25, -0.2) is 4.39 Å². The lowest BCUT2D eigenvalue weighted by Crippen LogP contribution is -2.12. The van der Waals surface area contributed by atoms with Crippen molar-refractivity contribution in [3.8, 4) is 17.0 Å². The standard InChI is InChI=1S/C20H16ClFN2O2/c1-12-8-14(2-4-16(12)20(23)25)18-9-13(6-7-24-18)11-26-19-5-3-15(22)10-17(19)21/h2-10H,11H2,1H3,(H2,23,25). The topological polar surface area (TPSA) is 65.2 Å². The average molecular weight is 371 g/mol. The molecule has 2 N–H and O–H groups in total. The first-order chi connectivity index (χ1) is 12.4. The van der Waals surface area contributed by atoms with Crippen molar-refractivity contribution >= 4 is 17.5 Å². The molecule has 0 spiro atoms. The molecule has 0 radical (unpaired) electrons. The number of halogens is 2. The van der Waals surface area contributed by atoms with Gasteiger partial charge in [0.15, 0.2) is 0 Å². The number of ether oxygens (including phenoxy) is 1. The molecule has 0 aliphatic carbocycles. The summed E-state index contributed by atoms with van der Waals surface area (Å²) in [6.45, 7) is 2.09. The van der Waals surface area contributed by atoms with Gasteiger partial charge >= 0.3 is 0 Å². The maximum Gasteiger partial charge on any atom is 0.248 e. The summed E-state index contributed by atoms with van der Waals surface area (Å²) >= 11 is 5.97. The number of pyridine rings is 1. The van der Waals surface area contributed by atoms with Crippen molar-refractivity contribution in [2.45, 2.75) is 13.5 Å². The third kappa shape index (κ3) is 4.00. The third-order valence-electron chi connectivity index (χ3n) is 3.90. The zero-order chi connectivity index (χ0) is 18.7. The van der Waals surface area contributed by atoms with E-state index in [1.807, 2.05) is 25.1 Å². The van der Waals surface area contributed by atoms with Gasteiger partial charge in [-0.05, 0) is 60.5 Å². The van der Waals surface area contributed by atoms with Gasteiger partial charge in [-0.15, -0.1) is 0 Å². The van der Waals surface area contributed by atoms with Crippen LogP contribution in [-0.2, 0) is 6.61 Å². The highest BCUT2D eigenvalue weighted by molar-refractivity contribution is 6.32. The summed E-state index contributed by atoms with van der Waals surface area (Å²) in [5.41, 5.74) is 9.11. The van der Waals surface area contributed by atoms with Crippen molar-refractivity contribution < 1.29 is 13.9 Å². The second-order valence-corrected chi connectivity index (χ2v) is 6.21. The van der Waals surface area contributed by atoms with Crippen LogP contribution in [0.2, 0.25) is 5.02 Å². The number of aryl methyl sites for hydroxylation is 1. The first-order valence-corrected chi connectivity index (χ1v) is 8.25. The van der Waals surface area contributed by atoms with Crippen LogP contribution in [0, 0.1) is 12.7 Å². The monoisotopic (exact) mass is 370 g/mol. The van der Waals surface area contributed by atoms with Crippen molar-refractivity contribution in [1.82, 2.24) is 4.98 Å².